The van der Waals surface area contributed by atoms with Gasteiger partial charge in [0, 0.05) is 19.0 Å². The van der Waals surface area contributed by atoms with Crippen LogP contribution in [-0.4, -0.2) is 30.4 Å². The summed E-state index contributed by atoms with van der Waals surface area (Å²) in [6.07, 6.45) is 1.01. The molecule has 1 saturated heterocycles. The van der Waals surface area contributed by atoms with E-state index in [4.69, 9.17) is 0 Å². The topological polar surface area (TPSA) is 32.3 Å². The summed E-state index contributed by atoms with van der Waals surface area (Å²) in [5, 5.41) is 3.25. The highest BCUT2D eigenvalue weighted by Crippen LogP contribution is 2.20. The van der Waals surface area contributed by atoms with Crippen LogP contribution in [0, 0.1) is 18.8 Å². The van der Waals surface area contributed by atoms with E-state index in [1.165, 1.54) is 11.1 Å². The van der Waals surface area contributed by atoms with Gasteiger partial charge in [-0.05, 0) is 37.9 Å². The minimum Gasteiger partial charge on any atom is -0.338 e. The fraction of sp³-hybridized carbons (Fsp3) is 0.588. The number of carbonyl (C=O) groups is 1. The van der Waals surface area contributed by atoms with Crippen molar-refractivity contribution in [1.29, 1.82) is 0 Å². The monoisotopic (exact) mass is 274 g/mol. The largest absolute Gasteiger partial charge is 0.338 e. The molecule has 1 unspecified atom stereocenters. The number of benzene rings is 1. The quantitative estimate of drug-likeness (QED) is 0.865. The summed E-state index contributed by atoms with van der Waals surface area (Å²) in [6, 6.07) is 8.48. The minimum absolute atomic E-state index is 0.133. The van der Waals surface area contributed by atoms with Crippen LogP contribution in [0.25, 0.3) is 0 Å². The van der Waals surface area contributed by atoms with Crippen molar-refractivity contribution in [3.05, 3.63) is 35.4 Å². The first-order chi connectivity index (χ1) is 9.61. The van der Waals surface area contributed by atoms with Gasteiger partial charge in [-0.2, -0.15) is 0 Å². The number of hydrogen-bond acceptors (Lipinski definition) is 2. The first-order valence-corrected chi connectivity index (χ1v) is 7.67. The Morgan fingerprint density at radius 2 is 2.00 bits per heavy atom. The molecule has 2 rings (SSSR count). The number of nitrogens with zero attached hydrogens (tertiary/aromatic N) is 1. The van der Waals surface area contributed by atoms with Crippen LogP contribution in [0.1, 0.15) is 31.4 Å². The maximum atomic E-state index is 12.6. The molecule has 1 amide bonds. The van der Waals surface area contributed by atoms with Crippen LogP contribution in [-0.2, 0) is 11.3 Å². The van der Waals surface area contributed by atoms with Gasteiger partial charge in [0.15, 0.2) is 0 Å². The second-order valence-electron chi connectivity index (χ2n) is 5.95. The average Bonchev–Trinajstić information content (AvgIpc) is 2.38. The van der Waals surface area contributed by atoms with Gasteiger partial charge in [-0.1, -0.05) is 43.7 Å². The third kappa shape index (κ3) is 3.60. The second-order valence-corrected chi connectivity index (χ2v) is 5.95. The highest BCUT2D eigenvalue weighted by molar-refractivity contribution is 5.79. The summed E-state index contributed by atoms with van der Waals surface area (Å²) in [5.74, 6) is 0.951. The molecule has 1 aliphatic rings. The van der Waals surface area contributed by atoms with E-state index in [9.17, 15) is 4.79 Å². The minimum atomic E-state index is 0.133. The third-order valence-electron chi connectivity index (χ3n) is 4.21. The van der Waals surface area contributed by atoms with Crippen molar-refractivity contribution in [2.24, 2.45) is 11.8 Å². The number of carbonyl (C=O) groups excluding carboxylic acids is 1. The van der Waals surface area contributed by atoms with Gasteiger partial charge in [-0.15, -0.1) is 0 Å². The molecule has 0 aliphatic carbocycles. The van der Waals surface area contributed by atoms with Crippen LogP contribution in [0.15, 0.2) is 24.3 Å². The first-order valence-electron chi connectivity index (χ1n) is 7.67. The van der Waals surface area contributed by atoms with E-state index in [1.54, 1.807) is 0 Å². The Morgan fingerprint density at radius 1 is 1.35 bits per heavy atom. The molecule has 1 heterocycles. The zero-order chi connectivity index (χ0) is 14.5. The Bertz CT molecular complexity index is 437. The van der Waals surface area contributed by atoms with Crippen LogP contribution < -0.4 is 5.32 Å². The van der Waals surface area contributed by atoms with E-state index in [1.807, 2.05) is 4.90 Å². The summed E-state index contributed by atoms with van der Waals surface area (Å²) >= 11 is 0. The van der Waals surface area contributed by atoms with Crippen LogP contribution in [0.5, 0.6) is 0 Å². The average molecular weight is 274 g/mol. The maximum Gasteiger partial charge on any atom is 0.226 e. The van der Waals surface area contributed by atoms with Gasteiger partial charge in [0.05, 0.1) is 0 Å². The molecule has 1 atom stereocenters. The van der Waals surface area contributed by atoms with Crippen molar-refractivity contribution in [3.63, 3.8) is 0 Å². The Balaban J connectivity index is 2.01. The number of nitrogens with one attached hydrogen (secondary N) is 1. The van der Waals surface area contributed by atoms with Crippen LogP contribution in [0.2, 0.25) is 0 Å². The molecule has 1 aromatic carbocycles. The van der Waals surface area contributed by atoms with E-state index in [-0.39, 0.29) is 5.92 Å². The molecule has 0 aromatic heterocycles. The van der Waals surface area contributed by atoms with E-state index >= 15 is 0 Å². The molecule has 1 N–H and O–H groups in total. The van der Waals surface area contributed by atoms with Gasteiger partial charge in [-0.25, -0.2) is 0 Å². The van der Waals surface area contributed by atoms with Gasteiger partial charge in [0.2, 0.25) is 5.91 Å². The lowest BCUT2D eigenvalue weighted by molar-refractivity contribution is -0.138. The predicted molar refractivity (Wildman–Crippen MR) is 82.4 cm³/mol. The summed E-state index contributed by atoms with van der Waals surface area (Å²) in [5.41, 5.74) is 2.48. The highest BCUT2D eigenvalue weighted by atomic mass is 16.2. The van der Waals surface area contributed by atoms with Gasteiger partial charge >= 0.3 is 0 Å². The van der Waals surface area contributed by atoms with Crippen LogP contribution in [0.4, 0.5) is 0 Å². The Hall–Kier alpha value is -1.35. The van der Waals surface area contributed by atoms with E-state index < -0.39 is 0 Å². The van der Waals surface area contributed by atoms with Gasteiger partial charge in [-0.3, -0.25) is 4.79 Å². The molecule has 3 heteroatoms. The number of aryl methyl sites for hydroxylation is 1. The smallest absolute Gasteiger partial charge is 0.226 e. The van der Waals surface area contributed by atoms with Gasteiger partial charge < -0.3 is 10.2 Å². The standard InChI is InChI=1S/C17H26N2O/c1-4-9-19(12-15-7-5-13(2)6-8-15)17(20)14(3)16-10-18-11-16/h5-8,14,16,18H,4,9-12H2,1-3H3. The summed E-state index contributed by atoms with van der Waals surface area (Å²) in [6.45, 7) is 9.84. The molecule has 0 bridgehead atoms. The number of rotatable bonds is 6. The normalized spacial score (nSPS) is 16.6. The predicted octanol–water partition coefficient (Wildman–Crippen LogP) is 2.59. The lowest BCUT2D eigenvalue weighted by Gasteiger charge is -2.35. The van der Waals surface area contributed by atoms with E-state index in [0.29, 0.717) is 11.8 Å². The summed E-state index contributed by atoms with van der Waals surface area (Å²) in [7, 11) is 0. The van der Waals surface area contributed by atoms with E-state index in [2.05, 4.69) is 50.4 Å². The van der Waals surface area contributed by atoms with Crippen molar-refractivity contribution >= 4 is 5.91 Å². The third-order valence-corrected chi connectivity index (χ3v) is 4.21. The molecule has 1 aromatic rings. The summed E-state index contributed by atoms with van der Waals surface area (Å²) < 4.78 is 0. The lowest BCUT2D eigenvalue weighted by Crippen LogP contribution is -2.50. The number of amides is 1. The zero-order valence-corrected chi connectivity index (χ0v) is 12.9. The molecule has 20 heavy (non-hydrogen) atoms. The molecular weight excluding hydrogens is 248 g/mol. The van der Waals surface area contributed by atoms with Crippen LogP contribution >= 0.6 is 0 Å². The van der Waals surface area contributed by atoms with Crippen molar-refractivity contribution < 1.29 is 4.79 Å². The van der Waals surface area contributed by atoms with E-state index in [0.717, 1.165) is 32.6 Å². The van der Waals surface area contributed by atoms with Crippen molar-refractivity contribution in [2.75, 3.05) is 19.6 Å². The summed E-state index contributed by atoms with van der Waals surface area (Å²) in [4.78, 5) is 14.7. The molecule has 1 aliphatic heterocycles. The van der Waals surface area contributed by atoms with Crippen molar-refractivity contribution in [2.45, 2.75) is 33.7 Å². The molecule has 1 fully saturated rings. The molecule has 3 nitrogen and oxygen atoms in total. The molecule has 0 spiro atoms. The highest BCUT2D eigenvalue weighted by Gasteiger charge is 2.31. The zero-order valence-electron chi connectivity index (χ0n) is 12.9. The fourth-order valence-electron chi connectivity index (χ4n) is 2.61. The molecule has 110 valence electrons. The van der Waals surface area contributed by atoms with Crippen molar-refractivity contribution in [1.82, 2.24) is 10.2 Å². The number of hydrogen-bond donors (Lipinski definition) is 1. The van der Waals surface area contributed by atoms with Crippen LogP contribution in [0.3, 0.4) is 0 Å². The molecule has 0 radical (unpaired) electrons. The molecule has 0 saturated carbocycles. The fourth-order valence-corrected chi connectivity index (χ4v) is 2.61. The van der Waals surface area contributed by atoms with Gasteiger partial charge in [0.1, 0.15) is 0 Å². The van der Waals surface area contributed by atoms with Crippen molar-refractivity contribution in [3.8, 4) is 0 Å². The maximum absolute atomic E-state index is 12.6. The Labute approximate surface area is 122 Å². The first kappa shape index (κ1) is 15.0. The Morgan fingerprint density at radius 3 is 2.50 bits per heavy atom. The second kappa shape index (κ2) is 6.89. The molecular formula is C17H26N2O. The SMILES string of the molecule is CCCN(Cc1ccc(C)cc1)C(=O)C(C)C1CNC1. The Kier molecular flexibility index (Phi) is 5.18. The van der Waals surface area contributed by atoms with Gasteiger partial charge in [0.25, 0.3) is 0 Å². The lowest BCUT2D eigenvalue weighted by atomic mass is 9.88.